The van der Waals surface area contributed by atoms with Crippen LogP contribution >= 0.6 is 0 Å². The molecule has 2 aromatic heterocycles. The highest BCUT2D eigenvalue weighted by atomic mass is 19.1. The lowest BCUT2D eigenvalue weighted by Crippen LogP contribution is -2.32. The number of nitrogens with zero attached hydrogens (tertiary/aromatic N) is 3. The molecule has 0 radical (unpaired) electrons. The Morgan fingerprint density at radius 1 is 1.14 bits per heavy atom. The van der Waals surface area contributed by atoms with Crippen molar-refractivity contribution in [3.05, 3.63) is 59.6 Å². The third kappa shape index (κ3) is 3.96. The molecule has 4 rings (SSSR count). The van der Waals surface area contributed by atoms with Gasteiger partial charge in [-0.2, -0.15) is 0 Å². The van der Waals surface area contributed by atoms with Crippen LogP contribution in [0.1, 0.15) is 41.0 Å². The van der Waals surface area contributed by atoms with Gasteiger partial charge in [0.1, 0.15) is 11.6 Å². The largest absolute Gasteiger partial charge is 0.463 e. The van der Waals surface area contributed by atoms with Crippen LogP contribution in [0, 0.1) is 5.82 Å². The number of hydrogen-bond donors (Lipinski definition) is 0. The predicted octanol–water partition coefficient (Wildman–Crippen LogP) is 3.63. The Morgan fingerprint density at radius 2 is 1.89 bits per heavy atom. The summed E-state index contributed by atoms with van der Waals surface area (Å²) in [7, 11) is 1.33. The van der Waals surface area contributed by atoms with Gasteiger partial charge in [0.15, 0.2) is 0 Å². The molecule has 0 amide bonds. The Morgan fingerprint density at radius 3 is 2.61 bits per heavy atom. The van der Waals surface area contributed by atoms with E-state index in [9.17, 15) is 9.18 Å². The number of aromatic nitrogens is 2. The molecule has 28 heavy (non-hydrogen) atoms. The van der Waals surface area contributed by atoms with Crippen molar-refractivity contribution in [1.82, 2.24) is 15.1 Å². The molecule has 0 N–H and O–H groups in total. The van der Waals surface area contributed by atoms with Gasteiger partial charge in [0, 0.05) is 11.5 Å². The van der Waals surface area contributed by atoms with Crippen LogP contribution in [0.2, 0.25) is 0 Å². The zero-order chi connectivity index (χ0) is 19.5. The number of carbonyl (C=O) groups excluding carboxylic acids is 1. The highest BCUT2D eigenvalue weighted by Gasteiger charge is 2.26. The summed E-state index contributed by atoms with van der Waals surface area (Å²) in [5, 5.41) is 8.27. The SMILES string of the molecule is COC(=O)c1ccc(CN2CCC(c3nnc(-c4ccc(F)cc4)o3)CC2)o1. The van der Waals surface area contributed by atoms with Crippen LogP contribution in [0.25, 0.3) is 11.5 Å². The number of carbonyl (C=O) groups is 1. The molecule has 1 aliphatic rings. The number of piperidine rings is 1. The fraction of sp³-hybridized carbons (Fsp3) is 0.350. The van der Waals surface area contributed by atoms with Crippen molar-refractivity contribution in [3.8, 4) is 11.5 Å². The first-order valence-corrected chi connectivity index (χ1v) is 9.11. The number of likely N-dealkylation sites (tertiary alicyclic amines) is 1. The summed E-state index contributed by atoms with van der Waals surface area (Å²) >= 11 is 0. The van der Waals surface area contributed by atoms with Gasteiger partial charge in [-0.1, -0.05) is 0 Å². The van der Waals surface area contributed by atoms with E-state index in [4.69, 9.17) is 8.83 Å². The molecule has 146 valence electrons. The molecule has 0 atom stereocenters. The molecule has 1 aromatic carbocycles. The Balaban J connectivity index is 1.33. The van der Waals surface area contributed by atoms with Gasteiger partial charge in [0.2, 0.25) is 17.5 Å². The number of rotatable bonds is 5. The fourth-order valence-corrected chi connectivity index (χ4v) is 3.34. The molecule has 8 heteroatoms. The van der Waals surface area contributed by atoms with Crippen molar-refractivity contribution < 1.29 is 22.8 Å². The van der Waals surface area contributed by atoms with Crippen molar-refractivity contribution in [2.45, 2.75) is 25.3 Å². The lowest BCUT2D eigenvalue weighted by Gasteiger charge is -2.29. The number of ether oxygens (including phenoxy) is 1. The summed E-state index contributed by atoms with van der Waals surface area (Å²) in [6, 6.07) is 9.42. The Hall–Kier alpha value is -3.00. The molecule has 0 saturated carbocycles. The van der Waals surface area contributed by atoms with Crippen LogP contribution < -0.4 is 0 Å². The number of methoxy groups -OCH3 is 1. The van der Waals surface area contributed by atoms with Gasteiger partial charge in [-0.15, -0.1) is 10.2 Å². The van der Waals surface area contributed by atoms with Gasteiger partial charge in [-0.25, -0.2) is 9.18 Å². The van der Waals surface area contributed by atoms with Crippen molar-refractivity contribution in [1.29, 1.82) is 0 Å². The van der Waals surface area contributed by atoms with E-state index in [1.165, 1.54) is 19.2 Å². The molecule has 1 aliphatic heterocycles. The average Bonchev–Trinajstić information content (AvgIpc) is 3.39. The third-order valence-corrected chi connectivity index (χ3v) is 4.90. The summed E-state index contributed by atoms with van der Waals surface area (Å²) in [4.78, 5) is 13.7. The quantitative estimate of drug-likeness (QED) is 0.620. The van der Waals surface area contributed by atoms with Crippen molar-refractivity contribution in [2.24, 2.45) is 0 Å². The zero-order valence-electron chi connectivity index (χ0n) is 15.4. The summed E-state index contributed by atoms with van der Waals surface area (Å²) < 4.78 is 29.0. The maximum Gasteiger partial charge on any atom is 0.373 e. The molecule has 1 saturated heterocycles. The number of halogens is 1. The molecule has 1 fully saturated rings. The van der Waals surface area contributed by atoms with E-state index < -0.39 is 5.97 Å². The van der Waals surface area contributed by atoms with Gasteiger partial charge in [-0.3, -0.25) is 4.90 Å². The second kappa shape index (κ2) is 7.93. The standard InChI is InChI=1S/C20H20FN3O4/c1-26-20(25)17-7-6-16(27-17)12-24-10-8-14(9-11-24)19-23-22-18(28-19)13-2-4-15(21)5-3-13/h2-7,14H,8-12H2,1H3. The molecule has 0 aliphatic carbocycles. The third-order valence-electron chi connectivity index (χ3n) is 4.90. The maximum atomic E-state index is 13.0. The van der Waals surface area contributed by atoms with Crippen LogP contribution in [0.4, 0.5) is 4.39 Å². The van der Waals surface area contributed by atoms with E-state index in [1.807, 2.05) is 0 Å². The van der Waals surface area contributed by atoms with Crippen molar-refractivity contribution >= 4 is 5.97 Å². The minimum Gasteiger partial charge on any atom is -0.463 e. The monoisotopic (exact) mass is 385 g/mol. The topological polar surface area (TPSA) is 81.6 Å². The van der Waals surface area contributed by atoms with Crippen molar-refractivity contribution in [2.75, 3.05) is 20.2 Å². The first-order chi connectivity index (χ1) is 13.6. The van der Waals surface area contributed by atoms with E-state index in [0.717, 1.165) is 31.7 Å². The Labute approximate surface area is 161 Å². The van der Waals surface area contributed by atoms with E-state index in [0.29, 0.717) is 23.9 Å². The second-order valence-corrected chi connectivity index (χ2v) is 6.76. The normalized spacial score (nSPS) is 15.6. The lowest BCUT2D eigenvalue weighted by atomic mass is 9.97. The number of hydrogen-bond acceptors (Lipinski definition) is 7. The van der Waals surface area contributed by atoms with Crippen LogP contribution in [0.15, 0.2) is 45.2 Å². The number of benzene rings is 1. The predicted molar refractivity (Wildman–Crippen MR) is 97.0 cm³/mol. The summed E-state index contributed by atoms with van der Waals surface area (Å²) in [5.41, 5.74) is 0.705. The van der Waals surface area contributed by atoms with Crippen LogP contribution in [0.5, 0.6) is 0 Å². The summed E-state index contributed by atoms with van der Waals surface area (Å²) in [6.45, 7) is 2.34. The van der Waals surface area contributed by atoms with Crippen molar-refractivity contribution in [3.63, 3.8) is 0 Å². The zero-order valence-corrected chi connectivity index (χ0v) is 15.4. The van der Waals surface area contributed by atoms with Gasteiger partial charge in [0.05, 0.1) is 13.7 Å². The molecule has 3 aromatic rings. The smallest absolute Gasteiger partial charge is 0.373 e. The molecule has 0 bridgehead atoms. The first-order valence-electron chi connectivity index (χ1n) is 9.11. The van der Waals surface area contributed by atoms with E-state index in [-0.39, 0.29) is 17.5 Å². The Bertz CT molecular complexity index is 943. The average molecular weight is 385 g/mol. The van der Waals surface area contributed by atoms with Gasteiger partial charge < -0.3 is 13.6 Å². The molecule has 7 nitrogen and oxygen atoms in total. The van der Waals surface area contributed by atoms with E-state index in [1.54, 1.807) is 24.3 Å². The molecule has 0 unspecified atom stereocenters. The molecule has 3 heterocycles. The molecule has 0 spiro atoms. The van der Waals surface area contributed by atoms with Gasteiger partial charge in [0.25, 0.3) is 0 Å². The lowest BCUT2D eigenvalue weighted by molar-refractivity contribution is 0.0560. The van der Waals surface area contributed by atoms with Crippen LogP contribution in [-0.2, 0) is 11.3 Å². The highest BCUT2D eigenvalue weighted by molar-refractivity contribution is 5.86. The summed E-state index contributed by atoms with van der Waals surface area (Å²) in [6.07, 6.45) is 1.77. The molecular weight excluding hydrogens is 365 g/mol. The van der Waals surface area contributed by atoms with Crippen LogP contribution in [0.3, 0.4) is 0 Å². The van der Waals surface area contributed by atoms with Crippen LogP contribution in [-0.4, -0.2) is 41.3 Å². The highest BCUT2D eigenvalue weighted by Crippen LogP contribution is 2.30. The maximum absolute atomic E-state index is 13.0. The minimum atomic E-state index is -0.474. The summed E-state index contributed by atoms with van der Waals surface area (Å²) in [5.74, 6) is 1.39. The number of furan rings is 1. The van der Waals surface area contributed by atoms with E-state index in [2.05, 4.69) is 19.8 Å². The Kier molecular flexibility index (Phi) is 5.21. The fourth-order valence-electron chi connectivity index (χ4n) is 3.34. The molecular formula is C20H20FN3O4. The van der Waals surface area contributed by atoms with Gasteiger partial charge in [-0.05, 0) is 62.3 Å². The van der Waals surface area contributed by atoms with Gasteiger partial charge >= 0.3 is 5.97 Å². The van der Waals surface area contributed by atoms with E-state index >= 15 is 0 Å². The first kappa shape index (κ1) is 18.4. The second-order valence-electron chi connectivity index (χ2n) is 6.76. The minimum absolute atomic E-state index is 0.195. The number of esters is 1.